The molecule has 0 radical (unpaired) electrons. The standard InChI is InChI=1S/C22H22N6O/c1-16-13-21(27-22(24-16)25-18-6-4-5-17(14-18)15-23)26-19-7-2-3-8-20(19)28-9-11-29-12-10-28/h2-8,13-14H,9-12H2,1H3,(H2,24,25,26,27). The highest BCUT2D eigenvalue weighted by Gasteiger charge is 2.15. The van der Waals surface area contributed by atoms with Gasteiger partial charge in [0, 0.05) is 30.5 Å². The molecule has 1 saturated heterocycles. The topological polar surface area (TPSA) is 86.1 Å². The molecule has 0 amide bonds. The Morgan fingerprint density at radius 1 is 1.00 bits per heavy atom. The summed E-state index contributed by atoms with van der Waals surface area (Å²) >= 11 is 0. The monoisotopic (exact) mass is 386 g/mol. The van der Waals surface area contributed by atoms with Gasteiger partial charge < -0.3 is 20.3 Å². The lowest BCUT2D eigenvalue weighted by Crippen LogP contribution is -2.36. The maximum atomic E-state index is 9.08. The molecule has 0 saturated carbocycles. The van der Waals surface area contributed by atoms with Crippen molar-refractivity contribution in [2.75, 3.05) is 41.8 Å². The van der Waals surface area contributed by atoms with Gasteiger partial charge >= 0.3 is 0 Å². The molecule has 2 heterocycles. The average molecular weight is 386 g/mol. The van der Waals surface area contributed by atoms with E-state index in [0.29, 0.717) is 17.3 Å². The molecule has 4 rings (SSSR count). The van der Waals surface area contributed by atoms with Gasteiger partial charge in [-0.3, -0.25) is 0 Å². The Balaban J connectivity index is 1.58. The number of nitriles is 1. The predicted molar refractivity (Wildman–Crippen MR) is 114 cm³/mol. The van der Waals surface area contributed by atoms with Crippen LogP contribution in [0.3, 0.4) is 0 Å². The molecule has 0 spiro atoms. The Kier molecular flexibility index (Phi) is 5.54. The summed E-state index contributed by atoms with van der Waals surface area (Å²) in [4.78, 5) is 11.4. The van der Waals surface area contributed by atoms with Crippen LogP contribution in [0.5, 0.6) is 0 Å². The molecule has 7 heteroatoms. The normalized spacial score (nSPS) is 13.6. The third-order valence-electron chi connectivity index (χ3n) is 4.62. The van der Waals surface area contributed by atoms with E-state index >= 15 is 0 Å². The van der Waals surface area contributed by atoms with E-state index < -0.39 is 0 Å². The summed E-state index contributed by atoms with van der Waals surface area (Å²) in [5.74, 6) is 1.18. The first-order chi connectivity index (χ1) is 14.2. The van der Waals surface area contributed by atoms with Crippen molar-refractivity contribution < 1.29 is 4.74 Å². The molecule has 0 atom stereocenters. The molecular formula is C22H22N6O. The molecule has 2 N–H and O–H groups in total. The maximum absolute atomic E-state index is 9.08. The minimum absolute atomic E-state index is 0.478. The van der Waals surface area contributed by atoms with Crippen LogP contribution in [0, 0.1) is 18.3 Å². The SMILES string of the molecule is Cc1cc(Nc2ccccc2N2CCOCC2)nc(Nc2cccc(C#N)c2)n1. The Bertz CT molecular complexity index is 1040. The van der Waals surface area contributed by atoms with Gasteiger partial charge in [-0.25, -0.2) is 4.98 Å². The number of benzene rings is 2. The van der Waals surface area contributed by atoms with Gasteiger partial charge in [-0.2, -0.15) is 10.2 Å². The van der Waals surface area contributed by atoms with Gasteiger partial charge in [0.25, 0.3) is 0 Å². The van der Waals surface area contributed by atoms with Crippen LogP contribution in [0.4, 0.5) is 28.8 Å². The number of para-hydroxylation sites is 2. The molecule has 1 aliphatic heterocycles. The van der Waals surface area contributed by atoms with E-state index in [2.05, 4.69) is 37.6 Å². The van der Waals surface area contributed by atoms with Gasteiger partial charge in [0.05, 0.1) is 36.2 Å². The highest BCUT2D eigenvalue weighted by atomic mass is 16.5. The number of hydrogen-bond acceptors (Lipinski definition) is 7. The molecular weight excluding hydrogens is 364 g/mol. The van der Waals surface area contributed by atoms with Crippen molar-refractivity contribution in [2.24, 2.45) is 0 Å². The molecule has 2 aromatic carbocycles. The Morgan fingerprint density at radius 3 is 2.66 bits per heavy atom. The molecule has 29 heavy (non-hydrogen) atoms. The van der Waals surface area contributed by atoms with E-state index in [1.165, 1.54) is 0 Å². The van der Waals surface area contributed by atoms with Crippen molar-refractivity contribution >= 4 is 28.8 Å². The van der Waals surface area contributed by atoms with Crippen molar-refractivity contribution in [3.8, 4) is 6.07 Å². The zero-order valence-electron chi connectivity index (χ0n) is 16.2. The van der Waals surface area contributed by atoms with Crippen LogP contribution >= 0.6 is 0 Å². The number of aromatic nitrogens is 2. The minimum Gasteiger partial charge on any atom is -0.378 e. The smallest absolute Gasteiger partial charge is 0.229 e. The second-order valence-electron chi connectivity index (χ2n) is 6.78. The van der Waals surface area contributed by atoms with Crippen molar-refractivity contribution in [1.29, 1.82) is 5.26 Å². The summed E-state index contributed by atoms with van der Waals surface area (Å²) in [6.45, 7) is 5.12. The first-order valence-corrected chi connectivity index (χ1v) is 9.53. The number of ether oxygens (including phenoxy) is 1. The molecule has 3 aromatic rings. The third-order valence-corrected chi connectivity index (χ3v) is 4.62. The van der Waals surface area contributed by atoms with Crippen molar-refractivity contribution in [3.63, 3.8) is 0 Å². The number of nitrogens with one attached hydrogen (secondary N) is 2. The summed E-state index contributed by atoms with van der Waals surface area (Å²) in [5.41, 5.74) is 4.31. The molecule has 1 aromatic heterocycles. The molecule has 1 fully saturated rings. The molecule has 0 bridgehead atoms. The van der Waals surface area contributed by atoms with Gasteiger partial charge in [0.15, 0.2) is 0 Å². The largest absolute Gasteiger partial charge is 0.378 e. The lowest BCUT2D eigenvalue weighted by atomic mass is 10.2. The summed E-state index contributed by atoms with van der Waals surface area (Å²) in [6, 6.07) is 19.5. The molecule has 1 aliphatic rings. The third kappa shape index (κ3) is 4.62. The summed E-state index contributed by atoms with van der Waals surface area (Å²) in [6.07, 6.45) is 0. The number of hydrogen-bond donors (Lipinski definition) is 2. The van der Waals surface area contributed by atoms with E-state index in [-0.39, 0.29) is 0 Å². The van der Waals surface area contributed by atoms with Crippen molar-refractivity contribution in [1.82, 2.24) is 9.97 Å². The zero-order chi connectivity index (χ0) is 20.1. The maximum Gasteiger partial charge on any atom is 0.229 e. The summed E-state index contributed by atoms with van der Waals surface area (Å²) < 4.78 is 5.47. The Morgan fingerprint density at radius 2 is 1.83 bits per heavy atom. The molecule has 7 nitrogen and oxygen atoms in total. The van der Waals surface area contributed by atoms with Crippen LogP contribution in [-0.4, -0.2) is 36.3 Å². The highest BCUT2D eigenvalue weighted by molar-refractivity contribution is 5.74. The Hall–Kier alpha value is -3.63. The number of nitrogens with zero attached hydrogens (tertiary/aromatic N) is 4. The fourth-order valence-corrected chi connectivity index (χ4v) is 3.28. The van der Waals surface area contributed by atoms with E-state index in [1.54, 1.807) is 12.1 Å². The lowest BCUT2D eigenvalue weighted by Gasteiger charge is -2.30. The Labute approximate surface area is 170 Å². The quantitative estimate of drug-likeness (QED) is 0.686. The second-order valence-corrected chi connectivity index (χ2v) is 6.78. The molecule has 0 aliphatic carbocycles. The fraction of sp³-hybridized carbons (Fsp3) is 0.227. The molecule has 0 unspecified atom stereocenters. The number of aryl methyl sites for hydroxylation is 1. The van der Waals surface area contributed by atoms with Crippen LogP contribution in [0.25, 0.3) is 0 Å². The first-order valence-electron chi connectivity index (χ1n) is 9.53. The minimum atomic E-state index is 0.478. The van der Waals surface area contributed by atoms with Crippen LogP contribution in [0.2, 0.25) is 0 Å². The van der Waals surface area contributed by atoms with Gasteiger partial charge in [-0.15, -0.1) is 0 Å². The van der Waals surface area contributed by atoms with Crippen molar-refractivity contribution in [3.05, 3.63) is 65.9 Å². The molecule has 146 valence electrons. The fourth-order valence-electron chi connectivity index (χ4n) is 3.28. The van der Waals surface area contributed by atoms with E-state index in [1.807, 2.05) is 43.3 Å². The number of rotatable bonds is 5. The number of anilines is 5. The van der Waals surface area contributed by atoms with E-state index in [9.17, 15) is 0 Å². The highest BCUT2D eigenvalue weighted by Crippen LogP contribution is 2.29. The van der Waals surface area contributed by atoms with E-state index in [4.69, 9.17) is 10.00 Å². The average Bonchev–Trinajstić information content (AvgIpc) is 2.74. The van der Waals surface area contributed by atoms with E-state index in [0.717, 1.165) is 49.1 Å². The van der Waals surface area contributed by atoms with Gasteiger partial charge in [0.2, 0.25) is 5.95 Å². The zero-order valence-corrected chi connectivity index (χ0v) is 16.2. The van der Waals surface area contributed by atoms with Crippen molar-refractivity contribution in [2.45, 2.75) is 6.92 Å². The first kappa shape index (κ1) is 18.7. The second kappa shape index (κ2) is 8.59. The predicted octanol–water partition coefficient (Wildman–Crippen LogP) is 3.98. The lowest BCUT2D eigenvalue weighted by molar-refractivity contribution is 0.123. The van der Waals surface area contributed by atoms with Crippen LogP contribution < -0.4 is 15.5 Å². The summed E-state index contributed by atoms with van der Waals surface area (Å²) in [7, 11) is 0. The van der Waals surface area contributed by atoms with Crippen LogP contribution in [0.15, 0.2) is 54.6 Å². The summed E-state index contributed by atoms with van der Waals surface area (Å²) in [5, 5.41) is 15.7. The van der Waals surface area contributed by atoms with Gasteiger partial charge in [0.1, 0.15) is 5.82 Å². The van der Waals surface area contributed by atoms with Crippen LogP contribution in [-0.2, 0) is 4.74 Å². The number of morpholine rings is 1. The van der Waals surface area contributed by atoms with Crippen LogP contribution in [0.1, 0.15) is 11.3 Å². The van der Waals surface area contributed by atoms with Gasteiger partial charge in [-0.1, -0.05) is 18.2 Å². The van der Waals surface area contributed by atoms with Gasteiger partial charge in [-0.05, 0) is 37.3 Å².